The predicted octanol–water partition coefficient (Wildman–Crippen LogP) is 4.67. The molecule has 0 saturated heterocycles. The van der Waals surface area contributed by atoms with Gasteiger partial charge in [-0.25, -0.2) is 0 Å². The SMILES string of the molecule is C=CSc1ccccc1Nc1ccccc1. The van der Waals surface area contributed by atoms with Crippen molar-refractivity contribution in [3.8, 4) is 0 Å². The molecular weight excluding hydrogens is 214 g/mol. The van der Waals surface area contributed by atoms with Crippen molar-refractivity contribution >= 4 is 23.1 Å². The van der Waals surface area contributed by atoms with Crippen molar-refractivity contribution in [2.75, 3.05) is 5.32 Å². The van der Waals surface area contributed by atoms with E-state index >= 15 is 0 Å². The average Bonchev–Trinajstić information content (AvgIpc) is 2.33. The molecule has 0 aromatic heterocycles. The van der Waals surface area contributed by atoms with Gasteiger partial charge in [-0.2, -0.15) is 0 Å². The highest BCUT2D eigenvalue weighted by atomic mass is 32.2. The Morgan fingerprint density at radius 1 is 0.938 bits per heavy atom. The van der Waals surface area contributed by atoms with Gasteiger partial charge in [0.2, 0.25) is 0 Å². The highest BCUT2D eigenvalue weighted by Crippen LogP contribution is 2.29. The van der Waals surface area contributed by atoms with Gasteiger partial charge in [0, 0.05) is 10.6 Å². The van der Waals surface area contributed by atoms with E-state index in [2.05, 4.69) is 36.2 Å². The fourth-order valence-corrected chi connectivity index (χ4v) is 2.02. The minimum absolute atomic E-state index is 1.10. The number of hydrogen-bond acceptors (Lipinski definition) is 2. The van der Waals surface area contributed by atoms with Gasteiger partial charge in [-0.05, 0) is 29.7 Å². The van der Waals surface area contributed by atoms with Gasteiger partial charge in [0.25, 0.3) is 0 Å². The van der Waals surface area contributed by atoms with Gasteiger partial charge in [-0.1, -0.05) is 48.7 Å². The molecule has 2 aromatic carbocycles. The maximum Gasteiger partial charge on any atom is 0.0525 e. The lowest BCUT2D eigenvalue weighted by atomic mass is 10.3. The highest BCUT2D eigenvalue weighted by molar-refractivity contribution is 8.02. The van der Waals surface area contributed by atoms with Gasteiger partial charge >= 0.3 is 0 Å². The summed E-state index contributed by atoms with van der Waals surface area (Å²) in [6, 6.07) is 18.4. The van der Waals surface area contributed by atoms with Gasteiger partial charge < -0.3 is 5.32 Å². The fourth-order valence-electron chi connectivity index (χ4n) is 1.44. The van der Waals surface area contributed by atoms with Crippen LogP contribution in [0.5, 0.6) is 0 Å². The molecule has 2 heteroatoms. The maximum atomic E-state index is 3.74. The van der Waals surface area contributed by atoms with Gasteiger partial charge in [-0.3, -0.25) is 0 Å². The molecule has 1 nitrogen and oxygen atoms in total. The topological polar surface area (TPSA) is 12.0 Å². The Hall–Kier alpha value is -1.67. The van der Waals surface area contributed by atoms with Crippen molar-refractivity contribution in [3.63, 3.8) is 0 Å². The van der Waals surface area contributed by atoms with Crippen LogP contribution in [0.25, 0.3) is 0 Å². The molecule has 1 N–H and O–H groups in total. The van der Waals surface area contributed by atoms with Crippen LogP contribution < -0.4 is 5.32 Å². The van der Waals surface area contributed by atoms with Crippen LogP contribution >= 0.6 is 11.8 Å². The van der Waals surface area contributed by atoms with Crippen molar-refractivity contribution in [2.24, 2.45) is 0 Å². The van der Waals surface area contributed by atoms with E-state index in [0.717, 1.165) is 11.4 Å². The summed E-state index contributed by atoms with van der Waals surface area (Å²) in [5.41, 5.74) is 2.21. The first kappa shape index (κ1) is 10.8. The summed E-state index contributed by atoms with van der Waals surface area (Å²) in [6.45, 7) is 3.74. The lowest BCUT2D eigenvalue weighted by molar-refractivity contribution is 1.42. The summed E-state index contributed by atoms with van der Waals surface area (Å²) < 4.78 is 0. The Kier molecular flexibility index (Phi) is 3.67. The van der Waals surface area contributed by atoms with Crippen molar-refractivity contribution < 1.29 is 0 Å². The number of rotatable bonds is 4. The number of benzene rings is 2. The Morgan fingerprint density at radius 3 is 2.38 bits per heavy atom. The molecule has 80 valence electrons. The van der Waals surface area contributed by atoms with Crippen LogP contribution in [0, 0.1) is 0 Å². The van der Waals surface area contributed by atoms with Crippen molar-refractivity contribution in [1.29, 1.82) is 0 Å². The molecule has 0 unspecified atom stereocenters. The van der Waals surface area contributed by atoms with Crippen LogP contribution in [0.15, 0.2) is 71.5 Å². The second-order valence-corrected chi connectivity index (χ2v) is 4.28. The second kappa shape index (κ2) is 5.42. The molecule has 0 aliphatic carbocycles. The second-order valence-electron chi connectivity index (χ2n) is 3.27. The van der Waals surface area contributed by atoms with E-state index in [1.54, 1.807) is 11.8 Å². The monoisotopic (exact) mass is 227 g/mol. The Labute approximate surface area is 100 Å². The van der Waals surface area contributed by atoms with Crippen LogP contribution in [0.1, 0.15) is 0 Å². The first-order valence-corrected chi connectivity index (χ1v) is 5.97. The van der Waals surface area contributed by atoms with Crippen LogP contribution in [0.2, 0.25) is 0 Å². The fraction of sp³-hybridized carbons (Fsp3) is 0. The number of nitrogens with one attached hydrogen (secondary N) is 1. The zero-order valence-corrected chi connectivity index (χ0v) is 9.71. The third-order valence-electron chi connectivity index (χ3n) is 2.15. The quantitative estimate of drug-likeness (QED) is 0.762. The van der Waals surface area contributed by atoms with Crippen LogP contribution in [0.3, 0.4) is 0 Å². The number of para-hydroxylation sites is 2. The lowest BCUT2D eigenvalue weighted by Crippen LogP contribution is -1.91. The first-order chi connectivity index (χ1) is 7.90. The summed E-state index contributed by atoms with van der Waals surface area (Å²) in [7, 11) is 0. The molecule has 0 aliphatic heterocycles. The van der Waals surface area contributed by atoms with Crippen LogP contribution in [-0.2, 0) is 0 Å². The van der Waals surface area contributed by atoms with E-state index in [4.69, 9.17) is 0 Å². The standard InChI is InChI=1S/C14H13NS/c1-2-16-14-11-7-6-10-13(14)15-12-8-4-3-5-9-12/h2-11,15H,1H2. The molecule has 0 aliphatic rings. The lowest BCUT2D eigenvalue weighted by Gasteiger charge is -2.09. The zero-order chi connectivity index (χ0) is 11.2. The smallest absolute Gasteiger partial charge is 0.0525 e. The van der Waals surface area contributed by atoms with Gasteiger partial charge in [-0.15, -0.1) is 0 Å². The molecule has 0 amide bonds. The van der Waals surface area contributed by atoms with E-state index in [1.165, 1.54) is 4.90 Å². The molecule has 0 radical (unpaired) electrons. The highest BCUT2D eigenvalue weighted by Gasteiger charge is 2.00. The van der Waals surface area contributed by atoms with Gasteiger partial charge in [0.15, 0.2) is 0 Å². The summed E-state index contributed by atoms with van der Waals surface area (Å²) in [5.74, 6) is 0. The molecule has 0 saturated carbocycles. The largest absolute Gasteiger partial charge is 0.355 e. The molecule has 16 heavy (non-hydrogen) atoms. The molecule has 0 bridgehead atoms. The van der Waals surface area contributed by atoms with E-state index in [-0.39, 0.29) is 0 Å². The predicted molar refractivity (Wildman–Crippen MR) is 72.2 cm³/mol. The van der Waals surface area contributed by atoms with Gasteiger partial charge in [0.1, 0.15) is 0 Å². The summed E-state index contributed by atoms with van der Waals surface area (Å²) in [5, 5.41) is 5.23. The summed E-state index contributed by atoms with van der Waals surface area (Å²) in [4.78, 5) is 1.18. The number of thioether (sulfide) groups is 1. The van der Waals surface area contributed by atoms with Gasteiger partial charge in [0.05, 0.1) is 5.69 Å². The Bertz CT molecular complexity index is 465. The molecule has 2 aromatic rings. The third-order valence-corrected chi connectivity index (χ3v) is 2.93. The number of hydrogen-bond donors (Lipinski definition) is 1. The molecule has 2 rings (SSSR count). The van der Waals surface area contributed by atoms with E-state index in [1.807, 2.05) is 35.7 Å². The summed E-state index contributed by atoms with van der Waals surface area (Å²) >= 11 is 1.62. The van der Waals surface area contributed by atoms with E-state index in [0.29, 0.717) is 0 Å². The zero-order valence-electron chi connectivity index (χ0n) is 8.89. The molecule has 0 heterocycles. The van der Waals surface area contributed by atoms with E-state index in [9.17, 15) is 0 Å². The van der Waals surface area contributed by atoms with E-state index < -0.39 is 0 Å². The minimum Gasteiger partial charge on any atom is -0.355 e. The third kappa shape index (κ3) is 2.67. The first-order valence-electron chi connectivity index (χ1n) is 5.09. The Morgan fingerprint density at radius 2 is 1.62 bits per heavy atom. The normalized spacial score (nSPS) is 9.75. The number of anilines is 2. The van der Waals surface area contributed by atoms with Crippen molar-refractivity contribution in [3.05, 3.63) is 66.6 Å². The van der Waals surface area contributed by atoms with Crippen LogP contribution in [-0.4, -0.2) is 0 Å². The molecule has 0 fully saturated rings. The molecule has 0 spiro atoms. The van der Waals surface area contributed by atoms with Crippen molar-refractivity contribution in [1.82, 2.24) is 0 Å². The summed E-state index contributed by atoms with van der Waals surface area (Å²) in [6.07, 6.45) is 0. The maximum absolute atomic E-state index is 3.74. The Balaban J connectivity index is 2.24. The average molecular weight is 227 g/mol. The minimum atomic E-state index is 1.10. The van der Waals surface area contributed by atoms with Crippen LogP contribution in [0.4, 0.5) is 11.4 Å². The molecule has 0 atom stereocenters. The van der Waals surface area contributed by atoms with Crippen molar-refractivity contribution in [2.45, 2.75) is 4.90 Å². The molecular formula is C14H13NS.